The molecule has 0 amide bonds. The fourth-order valence-corrected chi connectivity index (χ4v) is 2.93. The fraction of sp³-hybridized carbons (Fsp3) is 0.150. The standard InChI is InChI=1S/C20H16N2O4/c1-12(23)19(20(24)15-10-21-16-5-3-2-4-14(15)16)22-9-13-6-7-17-18(8-13)26-11-25-17/h2-10,19,21H,11H2,1H3. The van der Waals surface area contributed by atoms with Crippen molar-refractivity contribution >= 4 is 28.7 Å². The van der Waals surface area contributed by atoms with Crippen molar-refractivity contribution in [3.8, 4) is 11.5 Å². The van der Waals surface area contributed by atoms with E-state index in [1.54, 1.807) is 24.4 Å². The zero-order valence-corrected chi connectivity index (χ0v) is 14.1. The number of nitrogens with zero attached hydrogens (tertiary/aromatic N) is 1. The summed E-state index contributed by atoms with van der Waals surface area (Å²) in [6.07, 6.45) is 3.14. The van der Waals surface area contributed by atoms with Crippen molar-refractivity contribution in [2.75, 3.05) is 6.79 Å². The number of ketones is 2. The van der Waals surface area contributed by atoms with Crippen molar-refractivity contribution < 1.29 is 19.1 Å². The van der Waals surface area contributed by atoms with Gasteiger partial charge in [-0.05, 0) is 36.8 Å². The Labute approximate surface area is 149 Å². The van der Waals surface area contributed by atoms with E-state index in [1.807, 2.05) is 24.3 Å². The molecule has 1 atom stereocenters. The predicted octanol–water partition coefficient (Wildman–Crippen LogP) is 3.16. The van der Waals surface area contributed by atoms with E-state index in [0.717, 1.165) is 16.5 Å². The number of nitrogens with one attached hydrogen (secondary N) is 1. The lowest BCUT2D eigenvalue weighted by Crippen LogP contribution is -2.26. The molecule has 0 saturated carbocycles. The third kappa shape index (κ3) is 2.86. The third-order valence-electron chi connectivity index (χ3n) is 4.26. The van der Waals surface area contributed by atoms with Crippen LogP contribution in [0.5, 0.6) is 11.5 Å². The van der Waals surface area contributed by atoms with Crippen molar-refractivity contribution in [3.05, 3.63) is 59.8 Å². The van der Waals surface area contributed by atoms with E-state index >= 15 is 0 Å². The van der Waals surface area contributed by atoms with Crippen LogP contribution in [0.25, 0.3) is 10.9 Å². The molecule has 6 nitrogen and oxygen atoms in total. The van der Waals surface area contributed by atoms with Crippen LogP contribution in [-0.4, -0.2) is 35.6 Å². The first-order valence-electron chi connectivity index (χ1n) is 8.17. The van der Waals surface area contributed by atoms with Crippen molar-refractivity contribution in [2.24, 2.45) is 4.99 Å². The Hall–Kier alpha value is -3.41. The molecule has 1 aliphatic heterocycles. The van der Waals surface area contributed by atoms with Crippen LogP contribution in [0, 0.1) is 0 Å². The molecular weight excluding hydrogens is 332 g/mol. The molecule has 0 fully saturated rings. The minimum Gasteiger partial charge on any atom is -0.454 e. The molecule has 0 saturated heterocycles. The van der Waals surface area contributed by atoms with Crippen LogP contribution in [0.1, 0.15) is 22.8 Å². The molecule has 130 valence electrons. The van der Waals surface area contributed by atoms with E-state index in [2.05, 4.69) is 9.98 Å². The molecule has 2 heterocycles. The number of H-pyrrole nitrogens is 1. The van der Waals surface area contributed by atoms with Gasteiger partial charge in [0.15, 0.2) is 29.1 Å². The van der Waals surface area contributed by atoms with Gasteiger partial charge in [-0.3, -0.25) is 14.6 Å². The van der Waals surface area contributed by atoms with Gasteiger partial charge in [0.2, 0.25) is 6.79 Å². The molecule has 1 N–H and O–H groups in total. The molecule has 1 unspecified atom stereocenters. The lowest BCUT2D eigenvalue weighted by atomic mass is 10.0. The van der Waals surface area contributed by atoms with Crippen molar-refractivity contribution in [1.82, 2.24) is 4.98 Å². The maximum absolute atomic E-state index is 12.9. The van der Waals surface area contributed by atoms with E-state index in [-0.39, 0.29) is 18.4 Å². The third-order valence-corrected chi connectivity index (χ3v) is 4.26. The highest BCUT2D eigenvalue weighted by molar-refractivity contribution is 6.19. The second-order valence-electron chi connectivity index (χ2n) is 6.02. The van der Waals surface area contributed by atoms with Crippen LogP contribution in [0.4, 0.5) is 0 Å². The molecule has 0 aliphatic carbocycles. The number of Topliss-reactive ketones (excluding diaryl/α,β-unsaturated/α-hetero) is 2. The summed E-state index contributed by atoms with van der Waals surface area (Å²) in [7, 11) is 0. The van der Waals surface area contributed by atoms with Gasteiger partial charge in [-0.1, -0.05) is 18.2 Å². The number of rotatable bonds is 5. The van der Waals surface area contributed by atoms with Gasteiger partial charge < -0.3 is 14.5 Å². The summed E-state index contributed by atoms with van der Waals surface area (Å²) >= 11 is 0. The first kappa shape index (κ1) is 16.1. The summed E-state index contributed by atoms with van der Waals surface area (Å²) in [5, 5.41) is 0.780. The van der Waals surface area contributed by atoms with E-state index < -0.39 is 6.04 Å². The first-order chi connectivity index (χ1) is 12.6. The summed E-state index contributed by atoms with van der Waals surface area (Å²) in [4.78, 5) is 32.2. The Balaban J connectivity index is 1.63. The lowest BCUT2D eigenvalue weighted by molar-refractivity contribution is -0.117. The fourth-order valence-electron chi connectivity index (χ4n) is 2.93. The minimum absolute atomic E-state index is 0.186. The number of hydrogen-bond acceptors (Lipinski definition) is 5. The maximum atomic E-state index is 12.9. The number of benzene rings is 2. The van der Waals surface area contributed by atoms with Crippen molar-refractivity contribution in [2.45, 2.75) is 13.0 Å². The quantitative estimate of drug-likeness (QED) is 0.436. The summed E-state index contributed by atoms with van der Waals surface area (Å²) in [5.74, 6) is 0.653. The van der Waals surface area contributed by atoms with Gasteiger partial charge in [-0.15, -0.1) is 0 Å². The van der Waals surface area contributed by atoms with E-state index in [1.165, 1.54) is 13.1 Å². The summed E-state index contributed by atoms with van der Waals surface area (Å²) < 4.78 is 10.6. The number of aromatic nitrogens is 1. The Kier molecular flexibility index (Phi) is 4.01. The highest BCUT2D eigenvalue weighted by atomic mass is 16.7. The van der Waals surface area contributed by atoms with Gasteiger partial charge in [-0.25, -0.2) is 0 Å². The topological polar surface area (TPSA) is 80.8 Å². The SMILES string of the molecule is CC(=O)C(N=Cc1ccc2c(c1)OCO2)C(=O)c1c[nH]c2ccccc12. The molecule has 3 aromatic rings. The zero-order chi connectivity index (χ0) is 18.1. The minimum atomic E-state index is -1.08. The summed E-state index contributed by atoms with van der Waals surface area (Å²) in [6, 6.07) is 11.7. The monoisotopic (exact) mass is 348 g/mol. The van der Waals surface area contributed by atoms with Gasteiger partial charge in [-0.2, -0.15) is 0 Å². The van der Waals surface area contributed by atoms with Crippen LogP contribution in [0.15, 0.2) is 53.7 Å². The van der Waals surface area contributed by atoms with Crippen LogP contribution in [0.3, 0.4) is 0 Å². The molecule has 26 heavy (non-hydrogen) atoms. The van der Waals surface area contributed by atoms with Crippen LogP contribution >= 0.6 is 0 Å². The Morgan fingerprint density at radius 1 is 1.15 bits per heavy atom. The number of aliphatic imine (C=N–C) groups is 1. The largest absolute Gasteiger partial charge is 0.454 e. The number of hydrogen-bond donors (Lipinski definition) is 1. The molecule has 2 aromatic carbocycles. The summed E-state index contributed by atoms with van der Waals surface area (Å²) in [5.41, 5.74) is 2.04. The number of ether oxygens (including phenoxy) is 2. The maximum Gasteiger partial charge on any atom is 0.231 e. The van der Waals surface area contributed by atoms with Crippen LogP contribution in [-0.2, 0) is 4.79 Å². The molecule has 0 spiro atoms. The normalized spacial score (nSPS) is 14.0. The van der Waals surface area contributed by atoms with Crippen molar-refractivity contribution in [3.63, 3.8) is 0 Å². The van der Waals surface area contributed by atoms with Crippen molar-refractivity contribution in [1.29, 1.82) is 0 Å². The first-order valence-corrected chi connectivity index (χ1v) is 8.17. The van der Waals surface area contributed by atoms with Crippen LogP contribution in [0.2, 0.25) is 0 Å². The lowest BCUT2D eigenvalue weighted by Gasteiger charge is -2.07. The Morgan fingerprint density at radius 3 is 2.81 bits per heavy atom. The van der Waals surface area contributed by atoms with Crippen LogP contribution < -0.4 is 9.47 Å². The number of para-hydroxylation sites is 1. The number of fused-ring (bicyclic) bond motifs is 2. The Bertz CT molecular complexity index is 1040. The van der Waals surface area contributed by atoms with Gasteiger partial charge in [0.25, 0.3) is 0 Å². The van der Waals surface area contributed by atoms with Gasteiger partial charge in [0.05, 0.1) is 0 Å². The second-order valence-corrected chi connectivity index (χ2v) is 6.02. The van der Waals surface area contributed by atoms with Gasteiger partial charge in [0.1, 0.15) is 0 Å². The molecule has 4 rings (SSSR count). The van der Waals surface area contributed by atoms with Gasteiger partial charge >= 0.3 is 0 Å². The summed E-state index contributed by atoms with van der Waals surface area (Å²) in [6.45, 7) is 1.56. The molecule has 0 radical (unpaired) electrons. The zero-order valence-electron chi connectivity index (χ0n) is 14.1. The van der Waals surface area contributed by atoms with E-state index in [0.29, 0.717) is 17.1 Å². The number of carbonyl (C=O) groups is 2. The highest BCUT2D eigenvalue weighted by Gasteiger charge is 2.25. The smallest absolute Gasteiger partial charge is 0.231 e. The Morgan fingerprint density at radius 2 is 1.96 bits per heavy atom. The second kappa shape index (κ2) is 6.48. The average molecular weight is 348 g/mol. The number of aromatic amines is 1. The van der Waals surface area contributed by atoms with E-state index in [4.69, 9.17) is 9.47 Å². The average Bonchev–Trinajstić information content (AvgIpc) is 3.27. The number of carbonyl (C=O) groups excluding carboxylic acids is 2. The molecule has 0 bridgehead atoms. The molecule has 1 aliphatic rings. The predicted molar refractivity (Wildman–Crippen MR) is 97.3 cm³/mol. The van der Waals surface area contributed by atoms with Gasteiger partial charge in [0, 0.05) is 28.9 Å². The molecule has 6 heteroatoms. The molecular formula is C20H16N2O4. The highest BCUT2D eigenvalue weighted by Crippen LogP contribution is 2.32. The van der Waals surface area contributed by atoms with E-state index in [9.17, 15) is 9.59 Å². The molecule has 1 aromatic heterocycles.